The molecule has 0 spiro atoms. The van der Waals surface area contributed by atoms with Gasteiger partial charge in [0, 0.05) is 24.0 Å². The average Bonchev–Trinajstić information content (AvgIpc) is 3.49. The van der Waals surface area contributed by atoms with E-state index in [-0.39, 0.29) is 24.7 Å². The third kappa shape index (κ3) is 6.66. The van der Waals surface area contributed by atoms with E-state index >= 15 is 0 Å². The third-order valence-corrected chi connectivity index (χ3v) is 7.59. The fourth-order valence-electron chi connectivity index (χ4n) is 5.42. The molecule has 5 atom stereocenters. The van der Waals surface area contributed by atoms with E-state index in [9.17, 15) is 28.5 Å². The van der Waals surface area contributed by atoms with Gasteiger partial charge in [-0.05, 0) is 57.9 Å². The van der Waals surface area contributed by atoms with Gasteiger partial charge in [0.05, 0.1) is 41.7 Å². The summed E-state index contributed by atoms with van der Waals surface area (Å²) in [6.07, 6.45) is -6.79. The largest absolute Gasteiger partial charge is 0.573 e. The highest BCUT2D eigenvalue weighted by molar-refractivity contribution is 5.88. The first-order chi connectivity index (χ1) is 20.9. The molecular weight excluding hydrogens is 583 g/mol. The van der Waals surface area contributed by atoms with Gasteiger partial charge in [0.25, 0.3) is 0 Å². The minimum Gasteiger partial charge on any atom is -0.478 e. The normalized spacial score (nSPS) is 21.0. The Morgan fingerprint density at radius 1 is 1.05 bits per heavy atom. The molecule has 0 amide bonds. The zero-order valence-corrected chi connectivity index (χ0v) is 24.5. The van der Waals surface area contributed by atoms with Gasteiger partial charge >= 0.3 is 6.36 Å². The standard InChI is InChI=1S/C30H34F3N5O6/c1-5-42-23-12-18-11-22(43-27(18)16(4)34-23)24-15(3)36-29(38-28(24)37-21-10-19(13-39)25(40)26(21)41)35-14(2)17-6-8-20(9-7-17)44-30(31,32)33/h6-9,11-12,14,19,21,25-26,39-41H,5,10,13H2,1-4H3,(H2,35,36,37,38). The zero-order valence-electron chi connectivity index (χ0n) is 24.5. The molecule has 5 N–H and O–H groups in total. The SMILES string of the molecule is CCOc1cc2cc(-c3c(C)nc(NC(C)c4ccc(OC(F)(F)F)cc4)nc3NC3CC(CO)C(O)C3O)oc2c(C)n1. The fraction of sp³-hybridized carbons (Fsp3) is 0.433. The lowest BCUT2D eigenvalue weighted by Crippen LogP contribution is -2.35. The molecule has 1 aliphatic rings. The smallest absolute Gasteiger partial charge is 0.478 e. The highest BCUT2D eigenvalue weighted by Crippen LogP contribution is 2.38. The Hall–Kier alpha value is -4.14. The van der Waals surface area contributed by atoms with Crippen LogP contribution in [0.5, 0.6) is 11.6 Å². The van der Waals surface area contributed by atoms with Crippen molar-refractivity contribution in [2.45, 2.75) is 64.8 Å². The lowest BCUT2D eigenvalue weighted by atomic mass is 10.1. The van der Waals surface area contributed by atoms with Gasteiger partial charge in [0.1, 0.15) is 23.4 Å². The number of pyridine rings is 1. The number of furan rings is 1. The highest BCUT2D eigenvalue weighted by atomic mass is 19.4. The first-order valence-corrected chi connectivity index (χ1v) is 14.2. The minimum atomic E-state index is -4.79. The summed E-state index contributed by atoms with van der Waals surface area (Å²) >= 11 is 0. The van der Waals surface area contributed by atoms with Crippen molar-refractivity contribution in [1.82, 2.24) is 15.0 Å². The first-order valence-electron chi connectivity index (χ1n) is 14.2. The van der Waals surface area contributed by atoms with Gasteiger partial charge < -0.3 is 39.8 Å². The number of rotatable bonds is 10. The van der Waals surface area contributed by atoms with Gasteiger partial charge in [-0.2, -0.15) is 4.98 Å². The lowest BCUT2D eigenvalue weighted by Gasteiger charge is -2.22. The number of benzene rings is 1. The number of halogens is 3. The maximum atomic E-state index is 12.6. The molecule has 0 saturated heterocycles. The summed E-state index contributed by atoms with van der Waals surface area (Å²) in [4.78, 5) is 13.8. The van der Waals surface area contributed by atoms with Crippen LogP contribution >= 0.6 is 0 Å². The molecule has 1 saturated carbocycles. The molecule has 4 aromatic rings. The van der Waals surface area contributed by atoms with Crippen LogP contribution in [0.25, 0.3) is 22.3 Å². The van der Waals surface area contributed by atoms with E-state index in [2.05, 4.69) is 25.3 Å². The van der Waals surface area contributed by atoms with E-state index in [1.165, 1.54) is 24.3 Å². The maximum absolute atomic E-state index is 12.6. The van der Waals surface area contributed by atoms with Crippen LogP contribution in [-0.4, -0.2) is 68.1 Å². The van der Waals surface area contributed by atoms with Crippen LogP contribution in [0.1, 0.15) is 43.3 Å². The number of ether oxygens (including phenoxy) is 2. The number of anilines is 2. The number of nitrogens with one attached hydrogen (secondary N) is 2. The number of hydrogen-bond donors (Lipinski definition) is 5. The number of alkyl halides is 3. The zero-order chi connectivity index (χ0) is 31.8. The van der Waals surface area contributed by atoms with Crippen LogP contribution in [0, 0.1) is 19.8 Å². The van der Waals surface area contributed by atoms with Crippen molar-refractivity contribution in [2.24, 2.45) is 5.92 Å². The minimum absolute atomic E-state index is 0.205. The molecule has 1 aromatic carbocycles. The summed E-state index contributed by atoms with van der Waals surface area (Å²) in [5, 5.41) is 38.0. The Morgan fingerprint density at radius 2 is 1.77 bits per heavy atom. The topological polar surface area (TPSA) is 155 Å². The van der Waals surface area contributed by atoms with Crippen LogP contribution in [0.15, 0.2) is 40.8 Å². The molecule has 3 aromatic heterocycles. The molecule has 236 valence electrons. The summed E-state index contributed by atoms with van der Waals surface area (Å²) in [5.41, 5.74) is 2.88. The summed E-state index contributed by atoms with van der Waals surface area (Å²) in [7, 11) is 0. The van der Waals surface area contributed by atoms with Gasteiger partial charge in [-0.25, -0.2) is 9.97 Å². The highest BCUT2D eigenvalue weighted by Gasteiger charge is 2.41. The van der Waals surface area contributed by atoms with E-state index in [1.54, 1.807) is 19.9 Å². The number of aliphatic hydroxyl groups is 3. The summed E-state index contributed by atoms with van der Waals surface area (Å²) < 4.78 is 53.5. The van der Waals surface area contributed by atoms with Crippen molar-refractivity contribution in [1.29, 1.82) is 0 Å². The average molecular weight is 618 g/mol. The van der Waals surface area contributed by atoms with Crippen LogP contribution in [-0.2, 0) is 0 Å². The molecule has 14 heteroatoms. The van der Waals surface area contributed by atoms with E-state index in [1.807, 2.05) is 19.9 Å². The van der Waals surface area contributed by atoms with Crippen molar-refractivity contribution in [3.8, 4) is 23.0 Å². The van der Waals surface area contributed by atoms with Crippen molar-refractivity contribution < 1.29 is 42.4 Å². The van der Waals surface area contributed by atoms with E-state index < -0.39 is 36.6 Å². The summed E-state index contributed by atoms with van der Waals surface area (Å²) in [6.45, 7) is 7.40. The number of aromatic nitrogens is 3. The molecule has 1 fully saturated rings. The molecule has 0 aliphatic heterocycles. The van der Waals surface area contributed by atoms with Gasteiger partial charge in [-0.1, -0.05) is 12.1 Å². The Labute approximate surface area is 251 Å². The fourth-order valence-corrected chi connectivity index (χ4v) is 5.42. The van der Waals surface area contributed by atoms with Crippen molar-refractivity contribution in [3.05, 3.63) is 53.3 Å². The molecule has 5 unspecified atom stereocenters. The number of fused-ring (bicyclic) bond motifs is 1. The van der Waals surface area contributed by atoms with Gasteiger partial charge in [-0.15, -0.1) is 13.2 Å². The molecule has 11 nitrogen and oxygen atoms in total. The van der Waals surface area contributed by atoms with Crippen molar-refractivity contribution in [3.63, 3.8) is 0 Å². The van der Waals surface area contributed by atoms with Crippen LogP contribution in [0.3, 0.4) is 0 Å². The Kier molecular flexibility index (Phi) is 8.86. The molecule has 3 heterocycles. The van der Waals surface area contributed by atoms with E-state index in [4.69, 9.17) is 14.1 Å². The third-order valence-electron chi connectivity index (χ3n) is 7.59. The first kappa shape index (κ1) is 31.3. The Morgan fingerprint density at radius 3 is 2.41 bits per heavy atom. The summed E-state index contributed by atoms with van der Waals surface area (Å²) in [5.74, 6) is 0.556. The number of hydrogen-bond acceptors (Lipinski definition) is 11. The quantitative estimate of drug-likeness (QED) is 0.165. The molecule has 44 heavy (non-hydrogen) atoms. The van der Waals surface area contributed by atoms with Crippen LogP contribution < -0.4 is 20.1 Å². The number of aryl methyl sites for hydroxylation is 2. The van der Waals surface area contributed by atoms with E-state index in [0.717, 1.165) is 5.39 Å². The van der Waals surface area contributed by atoms with Crippen LogP contribution in [0.4, 0.5) is 24.9 Å². The molecule has 0 radical (unpaired) electrons. The van der Waals surface area contributed by atoms with Crippen molar-refractivity contribution in [2.75, 3.05) is 23.8 Å². The van der Waals surface area contributed by atoms with Crippen LogP contribution in [0.2, 0.25) is 0 Å². The van der Waals surface area contributed by atoms with Gasteiger partial charge in [-0.3, -0.25) is 0 Å². The second-order valence-corrected chi connectivity index (χ2v) is 10.8. The predicted octanol–water partition coefficient (Wildman–Crippen LogP) is 4.89. The maximum Gasteiger partial charge on any atom is 0.573 e. The summed E-state index contributed by atoms with van der Waals surface area (Å²) in [6, 6.07) is 8.00. The monoisotopic (exact) mass is 617 g/mol. The molecule has 5 rings (SSSR count). The Balaban J connectivity index is 1.50. The van der Waals surface area contributed by atoms with Crippen molar-refractivity contribution >= 4 is 22.7 Å². The predicted molar refractivity (Wildman–Crippen MR) is 155 cm³/mol. The molecule has 1 aliphatic carbocycles. The second kappa shape index (κ2) is 12.5. The number of nitrogens with zero attached hydrogens (tertiary/aromatic N) is 3. The lowest BCUT2D eigenvalue weighted by molar-refractivity contribution is -0.274. The van der Waals surface area contributed by atoms with Gasteiger partial charge in [0.2, 0.25) is 11.8 Å². The molecular formula is C30H34F3N5O6. The van der Waals surface area contributed by atoms with E-state index in [0.29, 0.717) is 52.2 Å². The van der Waals surface area contributed by atoms with Gasteiger partial charge in [0.15, 0.2) is 5.58 Å². The second-order valence-electron chi connectivity index (χ2n) is 10.8. The Bertz CT molecular complexity index is 1610. The number of aliphatic hydroxyl groups excluding tert-OH is 3. The molecule has 0 bridgehead atoms.